The molecule has 2 aromatic carbocycles. The summed E-state index contributed by atoms with van der Waals surface area (Å²) in [5.41, 5.74) is 1.81. The first-order valence-corrected chi connectivity index (χ1v) is 6.73. The molecule has 0 aliphatic heterocycles. The SMILES string of the molecule is CCc1cccc(NC(=O)c2ccc([N+](=O)[O-])cc2Cl)c1. The first-order chi connectivity index (χ1) is 10.0. The maximum Gasteiger partial charge on any atom is 0.270 e. The molecule has 0 aromatic heterocycles. The van der Waals surface area contributed by atoms with Crippen LogP contribution in [0.1, 0.15) is 22.8 Å². The number of amides is 1. The molecular weight excluding hydrogens is 292 g/mol. The highest BCUT2D eigenvalue weighted by Crippen LogP contribution is 2.23. The van der Waals surface area contributed by atoms with Crippen LogP contribution in [0.25, 0.3) is 0 Å². The number of benzene rings is 2. The van der Waals surface area contributed by atoms with Crippen molar-refractivity contribution in [1.29, 1.82) is 0 Å². The van der Waals surface area contributed by atoms with Gasteiger partial charge < -0.3 is 5.32 Å². The zero-order valence-electron chi connectivity index (χ0n) is 11.3. The topological polar surface area (TPSA) is 72.2 Å². The van der Waals surface area contributed by atoms with Gasteiger partial charge in [0.05, 0.1) is 15.5 Å². The van der Waals surface area contributed by atoms with Crippen LogP contribution in [0.2, 0.25) is 5.02 Å². The molecule has 0 spiro atoms. The Morgan fingerprint density at radius 1 is 1.29 bits per heavy atom. The van der Waals surface area contributed by atoms with Gasteiger partial charge in [-0.3, -0.25) is 14.9 Å². The highest BCUT2D eigenvalue weighted by atomic mass is 35.5. The minimum Gasteiger partial charge on any atom is -0.322 e. The minimum absolute atomic E-state index is 0.0494. The largest absolute Gasteiger partial charge is 0.322 e. The zero-order chi connectivity index (χ0) is 15.4. The number of nitro benzene ring substituents is 1. The van der Waals surface area contributed by atoms with E-state index in [4.69, 9.17) is 11.6 Å². The number of hydrogen-bond acceptors (Lipinski definition) is 3. The van der Waals surface area contributed by atoms with Crippen molar-refractivity contribution < 1.29 is 9.72 Å². The van der Waals surface area contributed by atoms with E-state index in [-0.39, 0.29) is 16.3 Å². The predicted molar refractivity (Wildman–Crippen MR) is 81.9 cm³/mol. The molecule has 0 unspecified atom stereocenters. The van der Waals surface area contributed by atoms with Gasteiger partial charge in [0.25, 0.3) is 11.6 Å². The molecule has 0 radical (unpaired) electrons. The fraction of sp³-hybridized carbons (Fsp3) is 0.133. The number of halogens is 1. The lowest BCUT2D eigenvalue weighted by Gasteiger charge is -2.08. The second-order valence-electron chi connectivity index (χ2n) is 4.43. The molecular formula is C15H13ClN2O3. The molecule has 2 rings (SSSR count). The van der Waals surface area contributed by atoms with E-state index < -0.39 is 10.8 Å². The van der Waals surface area contributed by atoms with Crippen LogP contribution in [-0.2, 0) is 6.42 Å². The third kappa shape index (κ3) is 3.58. The number of carbonyl (C=O) groups is 1. The Bertz CT molecular complexity index is 701. The molecule has 0 saturated heterocycles. The van der Waals surface area contributed by atoms with Gasteiger partial charge in [0, 0.05) is 17.8 Å². The predicted octanol–water partition coefficient (Wildman–Crippen LogP) is 4.06. The summed E-state index contributed by atoms with van der Waals surface area (Å²) in [5, 5.41) is 13.4. The van der Waals surface area contributed by atoms with Crippen LogP contribution >= 0.6 is 11.6 Å². The molecule has 6 heteroatoms. The van der Waals surface area contributed by atoms with Crippen molar-refractivity contribution in [2.45, 2.75) is 13.3 Å². The first kappa shape index (κ1) is 15.0. The molecule has 0 fully saturated rings. The number of non-ortho nitro benzene ring substituents is 1. The van der Waals surface area contributed by atoms with E-state index in [0.29, 0.717) is 5.69 Å². The van der Waals surface area contributed by atoms with Crippen LogP contribution < -0.4 is 5.32 Å². The van der Waals surface area contributed by atoms with Gasteiger partial charge >= 0.3 is 0 Å². The van der Waals surface area contributed by atoms with Crippen LogP contribution in [0.5, 0.6) is 0 Å². The number of hydrogen-bond donors (Lipinski definition) is 1. The van der Waals surface area contributed by atoms with Gasteiger partial charge in [-0.25, -0.2) is 0 Å². The molecule has 0 aliphatic rings. The van der Waals surface area contributed by atoms with Gasteiger partial charge in [0.2, 0.25) is 0 Å². The van der Waals surface area contributed by atoms with Crippen LogP contribution in [-0.4, -0.2) is 10.8 Å². The van der Waals surface area contributed by atoms with Crippen LogP contribution in [0.4, 0.5) is 11.4 Å². The van der Waals surface area contributed by atoms with Crippen molar-refractivity contribution in [3.63, 3.8) is 0 Å². The van der Waals surface area contributed by atoms with Gasteiger partial charge in [-0.1, -0.05) is 30.7 Å². The standard InChI is InChI=1S/C15H13ClN2O3/c1-2-10-4-3-5-11(8-10)17-15(19)13-7-6-12(18(20)21)9-14(13)16/h3-9H,2H2,1H3,(H,17,19). The fourth-order valence-electron chi connectivity index (χ4n) is 1.87. The number of aryl methyl sites for hydroxylation is 1. The van der Waals surface area contributed by atoms with E-state index in [9.17, 15) is 14.9 Å². The van der Waals surface area contributed by atoms with Crippen molar-refractivity contribution in [2.75, 3.05) is 5.32 Å². The number of nitro groups is 1. The molecule has 108 valence electrons. The van der Waals surface area contributed by atoms with E-state index in [0.717, 1.165) is 12.0 Å². The van der Waals surface area contributed by atoms with Crippen molar-refractivity contribution in [1.82, 2.24) is 0 Å². The first-order valence-electron chi connectivity index (χ1n) is 6.35. The summed E-state index contributed by atoms with van der Waals surface area (Å²) in [6, 6.07) is 11.2. The van der Waals surface area contributed by atoms with Crippen molar-refractivity contribution in [3.05, 3.63) is 68.7 Å². The lowest BCUT2D eigenvalue weighted by molar-refractivity contribution is -0.384. The number of carbonyl (C=O) groups excluding carboxylic acids is 1. The molecule has 1 amide bonds. The Labute approximate surface area is 126 Å². The van der Waals surface area contributed by atoms with E-state index in [1.807, 2.05) is 25.1 Å². The van der Waals surface area contributed by atoms with E-state index in [2.05, 4.69) is 5.32 Å². The Balaban J connectivity index is 2.22. The second-order valence-corrected chi connectivity index (χ2v) is 4.84. The zero-order valence-corrected chi connectivity index (χ0v) is 12.1. The normalized spacial score (nSPS) is 10.2. The van der Waals surface area contributed by atoms with Gasteiger partial charge in [-0.05, 0) is 30.2 Å². The maximum absolute atomic E-state index is 12.2. The van der Waals surface area contributed by atoms with E-state index in [1.54, 1.807) is 6.07 Å². The second kappa shape index (κ2) is 6.37. The quantitative estimate of drug-likeness (QED) is 0.683. The number of nitrogens with zero attached hydrogens (tertiary/aromatic N) is 1. The summed E-state index contributed by atoms with van der Waals surface area (Å²) in [5.74, 6) is -0.400. The Kier molecular flexibility index (Phi) is 4.55. The van der Waals surface area contributed by atoms with Gasteiger partial charge in [-0.2, -0.15) is 0 Å². The third-order valence-electron chi connectivity index (χ3n) is 3.00. The van der Waals surface area contributed by atoms with Crippen LogP contribution in [0.3, 0.4) is 0 Å². The van der Waals surface area contributed by atoms with Crippen LogP contribution in [0, 0.1) is 10.1 Å². The number of anilines is 1. The van der Waals surface area contributed by atoms with Crippen LogP contribution in [0.15, 0.2) is 42.5 Å². The highest BCUT2D eigenvalue weighted by molar-refractivity contribution is 6.34. The Morgan fingerprint density at radius 2 is 2.05 bits per heavy atom. The average Bonchev–Trinajstić information content (AvgIpc) is 2.47. The lowest BCUT2D eigenvalue weighted by atomic mass is 10.1. The van der Waals surface area contributed by atoms with Crippen molar-refractivity contribution in [2.24, 2.45) is 0 Å². The fourth-order valence-corrected chi connectivity index (χ4v) is 2.13. The summed E-state index contributed by atoms with van der Waals surface area (Å²) in [7, 11) is 0. The summed E-state index contributed by atoms with van der Waals surface area (Å²) in [4.78, 5) is 22.2. The molecule has 5 nitrogen and oxygen atoms in total. The molecule has 0 heterocycles. The number of rotatable bonds is 4. The molecule has 0 bridgehead atoms. The monoisotopic (exact) mass is 304 g/mol. The maximum atomic E-state index is 12.2. The summed E-state index contributed by atoms with van der Waals surface area (Å²) in [6.45, 7) is 2.02. The van der Waals surface area contributed by atoms with Gasteiger partial charge in [-0.15, -0.1) is 0 Å². The molecule has 21 heavy (non-hydrogen) atoms. The van der Waals surface area contributed by atoms with E-state index >= 15 is 0 Å². The molecule has 2 aromatic rings. The van der Waals surface area contributed by atoms with Gasteiger partial charge in [0.1, 0.15) is 0 Å². The summed E-state index contributed by atoms with van der Waals surface area (Å²) in [6.07, 6.45) is 0.863. The molecule has 0 saturated carbocycles. The highest BCUT2D eigenvalue weighted by Gasteiger charge is 2.15. The van der Waals surface area contributed by atoms with Crippen molar-refractivity contribution >= 4 is 28.9 Å². The molecule has 0 aliphatic carbocycles. The average molecular weight is 305 g/mol. The Morgan fingerprint density at radius 3 is 2.67 bits per heavy atom. The number of nitrogens with one attached hydrogen (secondary N) is 1. The lowest BCUT2D eigenvalue weighted by Crippen LogP contribution is -2.12. The smallest absolute Gasteiger partial charge is 0.270 e. The van der Waals surface area contributed by atoms with E-state index in [1.165, 1.54) is 18.2 Å². The summed E-state index contributed by atoms with van der Waals surface area (Å²) >= 11 is 5.93. The van der Waals surface area contributed by atoms with Gasteiger partial charge in [0.15, 0.2) is 0 Å². The third-order valence-corrected chi connectivity index (χ3v) is 3.31. The molecule has 0 atom stereocenters. The summed E-state index contributed by atoms with van der Waals surface area (Å²) < 4.78 is 0. The molecule has 1 N–H and O–H groups in total. The van der Waals surface area contributed by atoms with Crippen molar-refractivity contribution in [3.8, 4) is 0 Å². The minimum atomic E-state index is -0.557. The Hall–Kier alpha value is -2.40.